The lowest BCUT2D eigenvalue weighted by Gasteiger charge is -2.36. The zero-order chi connectivity index (χ0) is 14.7. The second-order valence-corrected chi connectivity index (χ2v) is 6.09. The molecule has 2 aromatic rings. The molecule has 0 bridgehead atoms. The van der Waals surface area contributed by atoms with Gasteiger partial charge in [-0.15, -0.1) is 0 Å². The molecule has 0 aromatic heterocycles. The largest absolute Gasteiger partial charge is 0.497 e. The van der Waals surface area contributed by atoms with E-state index in [1.807, 2.05) is 24.3 Å². The highest BCUT2D eigenvalue weighted by molar-refractivity contribution is 6.30. The average molecular weight is 302 g/mol. The van der Waals surface area contributed by atoms with E-state index in [0.717, 1.165) is 17.3 Å². The third-order valence-corrected chi connectivity index (χ3v) is 4.46. The summed E-state index contributed by atoms with van der Waals surface area (Å²) in [7, 11) is 1.70. The van der Waals surface area contributed by atoms with Crippen LogP contribution < -0.4 is 10.1 Å². The average Bonchev–Trinajstić information content (AvgIpc) is 2.47. The molecule has 0 heterocycles. The lowest BCUT2D eigenvalue weighted by molar-refractivity contribution is 0.289. The van der Waals surface area contributed by atoms with Gasteiger partial charge in [-0.25, -0.2) is 0 Å². The van der Waals surface area contributed by atoms with E-state index in [2.05, 4.69) is 29.6 Å². The standard InChI is InChI=1S/C18H20ClNO/c1-21-18-4-2-3-13(9-18)12-20-17-10-15(11-17)14-5-7-16(19)8-6-14/h2-9,15,17,20H,10-12H2,1H3. The monoisotopic (exact) mass is 301 g/mol. The Hall–Kier alpha value is -1.51. The lowest BCUT2D eigenvalue weighted by Crippen LogP contribution is -2.39. The van der Waals surface area contributed by atoms with Crippen LogP contribution in [0.3, 0.4) is 0 Å². The summed E-state index contributed by atoms with van der Waals surface area (Å²) in [4.78, 5) is 0. The molecular weight excluding hydrogens is 282 g/mol. The molecule has 1 fully saturated rings. The molecule has 2 aromatic carbocycles. The van der Waals surface area contributed by atoms with Crippen molar-refractivity contribution in [3.8, 4) is 5.75 Å². The molecule has 0 atom stereocenters. The summed E-state index contributed by atoms with van der Waals surface area (Å²) in [6.45, 7) is 0.898. The fourth-order valence-corrected chi connectivity index (χ4v) is 2.96. The highest BCUT2D eigenvalue weighted by atomic mass is 35.5. The number of methoxy groups -OCH3 is 1. The first kappa shape index (κ1) is 14.4. The van der Waals surface area contributed by atoms with Crippen molar-refractivity contribution in [2.24, 2.45) is 0 Å². The van der Waals surface area contributed by atoms with E-state index in [4.69, 9.17) is 16.3 Å². The second kappa shape index (κ2) is 6.50. The maximum Gasteiger partial charge on any atom is 0.119 e. The Balaban J connectivity index is 1.47. The number of hydrogen-bond acceptors (Lipinski definition) is 2. The maximum absolute atomic E-state index is 5.93. The number of rotatable bonds is 5. The molecule has 0 radical (unpaired) electrons. The van der Waals surface area contributed by atoms with Crippen LogP contribution in [0.25, 0.3) is 0 Å². The third-order valence-electron chi connectivity index (χ3n) is 4.21. The molecular formula is C18H20ClNO. The normalized spacial score (nSPS) is 20.9. The van der Waals surface area contributed by atoms with Gasteiger partial charge in [0.05, 0.1) is 7.11 Å². The van der Waals surface area contributed by atoms with Crippen LogP contribution in [0.4, 0.5) is 0 Å². The molecule has 1 aliphatic carbocycles. The highest BCUT2D eigenvalue weighted by Crippen LogP contribution is 2.37. The van der Waals surface area contributed by atoms with Gasteiger partial charge < -0.3 is 10.1 Å². The quantitative estimate of drug-likeness (QED) is 0.884. The Bertz CT molecular complexity index is 590. The predicted molar refractivity (Wildman–Crippen MR) is 87.0 cm³/mol. The number of benzene rings is 2. The number of ether oxygens (including phenoxy) is 1. The minimum absolute atomic E-state index is 0.608. The van der Waals surface area contributed by atoms with E-state index in [0.29, 0.717) is 12.0 Å². The molecule has 0 saturated heterocycles. The molecule has 1 saturated carbocycles. The fourth-order valence-electron chi connectivity index (χ4n) is 2.84. The van der Waals surface area contributed by atoms with E-state index in [9.17, 15) is 0 Å². The van der Waals surface area contributed by atoms with E-state index < -0.39 is 0 Å². The molecule has 2 nitrogen and oxygen atoms in total. The van der Waals surface area contributed by atoms with Gasteiger partial charge >= 0.3 is 0 Å². The SMILES string of the molecule is COc1cccc(CNC2CC(c3ccc(Cl)cc3)C2)c1. The predicted octanol–water partition coefficient (Wildman–Crippen LogP) is 4.38. The summed E-state index contributed by atoms with van der Waals surface area (Å²) in [6.07, 6.45) is 2.40. The molecule has 0 unspecified atom stereocenters. The summed E-state index contributed by atoms with van der Waals surface area (Å²) in [5.74, 6) is 1.59. The van der Waals surface area contributed by atoms with E-state index in [1.165, 1.54) is 24.0 Å². The van der Waals surface area contributed by atoms with Gasteiger partial charge in [-0.1, -0.05) is 35.9 Å². The number of hydrogen-bond donors (Lipinski definition) is 1. The van der Waals surface area contributed by atoms with Gasteiger partial charge in [-0.05, 0) is 54.2 Å². The molecule has 3 rings (SSSR count). The summed E-state index contributed by atoms with van der Waals surface area (Å²) >= 11 is 5.93. The Morgan fingerprint density at radius 1 is 1.14 bits per heavy atom. The first-order valence-corrected chi connectivity index (χ1v) is 7.74. The van der Waals surface area contributed by atoms with Crippen molar-refractivity contribution in [1.29, 1.82) is 0 Å². The van der Waals surface area contributed by atoms with E-state index in [1.54, 1.807) is 7.11 Å². The maximum atomic E-state index is 5.93. The summed E-state index contributed by atoms with van der Waals surface area (Å²) in [5, 5.41) is 4.43. The zero-order valence-corrected chi connectivity index (χ0v) is 12.9. The van der Waals surface area contributed by atoms with Gasteiger partial charge in [0.1, 0.15) is 5.75 Å². The summed E-state index contributed by atoms with van der Waals surface area (Å²) < 4.78 is 5.25. The van der Waals surface area contributed by atoms with Crippen molar-refractivity contribution in [3.05, 3.63) is 64.7 Å². The van der Waals surface area contributed by atoms with Gasteiger partial charge in [0.25, 0.3) is 0 Å². The molecule has 0 amide bonds. The van der Waals surface area contributed by atoms with E-state index in [-0.39, 0.29) is 0 Å². The Morgan fingerprint density at radius 3 is 2.62 bits per heavy atom. The van der Waals surface area contributed by atoms with Crippen molar-refractivity contribution in [3.63, 3.8) is 0 Å². The van der Waals surface area contributed by atoms with Crippen LogP contribution in [-0.2, 0) is 6.54 Å². The highest BCUT2D eigenvalue weighted by Gasteiger charge is 2.29. The topological polar surface area (TPSA) is 21.3 Å². The molecule has 1 N–H and O–H groups in total. The smallest absolute Gasteiger partial charge is 0.119 e. The minimum atomic E-state index is 0.608. The van der Waals surface area contributed by atoms with Crippen LogP contribution in [0.2, 0.25) is 5.02 Å². The molecule has 0 spiro atoms. The number of nitrogens with one attached hydrogen (secondary N) is 1. The Morgan fingerprint density at radius 2 is 1.90 bits per heavy atom. The van der Waals surface area contributed by atoms with Crippen LogP contribution in [0.1, 0.15) is 29.9 Å². The van der Waals surface area contributed by atoms with Crippen LogP contribution in [0.5, 0.6) is 5.75 Å². The second-order valence-electron chi connectivity index (χ2n) is 5.65. The van der Waals surface area contributed by atoms with Gasteiger partial charge in [0.2, 0.25) is 0 Å². The van der Waals surface area contributed by atoms with Crippen molar-refractivity contribution in [2.75, 3.05) is 7.11 Å². The van der Waals surface area contributed by atoms with Crippen LogP contribution in [0, 0.1) is 0 Å². The third kappa shape index (κ3) is 3.58. The zero-order valence-electron chi connectivity index (χ0n) is 12.2. The first-order chi connectivity index (χ1) is 10.2. The summed E-state index contributed by atoms with van der Waals surface area (Å²) in [5.41, 5.74) is 2.67. The van der Waals surface area contributed by atoms with Gasteiger partial charge in [-0.2, -0.15) is 0 Å². The lowest BCUT2D eigenvalue weighted by atomic mass is 9.76. The fraction of sp³-hybridized carbons (Fsp3) is 0.333. The molecule has 0 aliphatic heterocycles. The van der Waals surface area contributed by atoms with Gasteiger partial charge in [-0.3, -0.25) is 0 Å². The van der Waals surface area contributed by atoms with Crippen LogP contribution in [0.15, 0.2) is 48.5 Å². The van der Waals surface area contributed by atoms with Crippen molar-refractivity contribution in [2.45, 2.75) is 31.3 Å². The van der Waals surface area contributed by atoms with Gasteiger partial charge in [0, 0.05) is 17.6 Å². The Kier molecular flexibility index (Phi) is 4.47. The Labute approximate surface area is 131 Å². The number of halogens is 1. The molecule has 21 heavy (non-hydrogen) atoms. The van der Waals surface area contributed by atoms with Crippen molar-refractivity contribution >= 4 is 11.6 Å². The molecule has 1 aliphatic rings. The molecule has 3 heteroatoms. The van der Waals surface area contributed by atoms with Crippen molar-refractivity contribution in [1.82, 2.24) is 5.32 Å². The van der Waals surface area contributed by atoms with Gasteiger partial charge in [0.15, 0.2) is 0 Å². The van der Waals surface area contributed by atoms with E-state index >= 15 is 0 Å². The molecule has 110 valence electrons. The minimum Gasteiger partial charge on any atom is -0.497 e. The van der Waals surface area contributed by atoms with Crippen LogP contribution >= 0.6 is 11.6 Å². The van der Waals surface area contributed by atoms with Crippen molar-refractivity contribution < 1.29 is 4.74 Å². The first-order valence-electron chi connectivity index (χ1n) is 7.36. The van der Waals surface area contributed by atoms with Crippen LogP contribution in [-0.4, -0.2) is 13.2 Å². The summed E-state index contributed by atoms with van der Waals surface area (Å²) in [6, 6.07) is 17.1.